The van der Waals surface area contributed by atoms with E-state index in [0.29, 0.717) is 0 Å². The standard InChI is InChI=1S/C9H16O2.H2/c1-6-4-5-7(8(6)10)9(2,3)11;/h6-7,11H,4-5H2,1-3H3;1H. The summed E-state index contributed by atoms with van der Waals surface area (Å²) < 4.78 is 0. The zero-order chi connectivity index (χ0) is 8.65. The monoisotopic (exact) mass is 158 g/mol. The van der Waals surface area contributed by atoms with E-state index in [1.807, 2.05) is 6.92 Å². The molecule has 0 aromatic carbocycles. The van der Waals surface area contributed by atoms with Gasteiger partial charge < -0.3 is 5.11 Å². The fourth-order valence-corrected chi connectivity index (χ4v) is 1.75. The Morgan fingerprint density at radius 2 is 2.09 bits per heavy atom. The highest BCUT2D eigenvalue weighted by Crippen LogP contribution is 2.34. The second-order valence-electron chi connectivity index (χ2n) is 4.09. The molecular formula is C9H18O2. The number of hydrogen-bond donors (Lipinski definition) is 1. The van der Waals surface area contributed by atoms with E-state index < -0.39 is 5.60 Å². The van der Waals surface area contributed by atoms with Crippen molar-refractivity contribution in [2.75, 3.05) is 0 Å². The number of aliphatic hydroxyl groups is 1. The molecule has 2 nitrogen and oxygen atoms in total. The van der Waals surface area contributed by atoms with Gasteiger partial charge in [0.25, 0.3) is 0 Å². The smallest absolute Gasteiger partial charge is 0.141 e. The van der Waals surface area contributed by atoms with Crippen LogP contribution in [0.3, 0.4) is 0 Å². The normalized spacial score (nSPS) is 32.9. The van der Waals surface area contributed by atoms with Gasteiger partial charge in [-0.2, -0.15) is 0 Å². The predicted octanol–water partition coefficient (Wildman–Crippen LogP) is 1.62. The number of ketones is 1. The molecule has 1 N–H and O–H groups in total. The Morgan fingerprint density at radius 1 is 1.55 bits per heavy atom. The fourth-order valence-electron chi connectivity index (χ4n) is 1.75. The number of carbonyl (C=O) groups excluding carboxylic acids is 1. The summed E-state index contributed by atoms with van der Waals surface area (Å²) in [5.41, 5.74) is -0.818. The molecule has 0 aliphatic heterocycles. The summed E-state index contributed by atoms with van der Waals surface area (Å²) in [5, 5.41) is 9.58. The third-order valence-electron chi connectivity index (χ3n) is 2.57. The lowest BCUT2D eigenvalue weighted by Crippen LogP contribution is -2.34. The molecule has 0 aromatic heterocycles. The third kappa shape index (κ3) is 1.62. The molecule has 66 valence electrons. The Balaban J connectivity index is 0.00000121. The minimum absolute atomic E-state index is 0. The van der Waals surface area contributed by atoms with E-state index in [4.69, 9.17) is 0 Å². The van der Waals surface area contributed by atoms with Gasteiger partial charge in [-0.05, 0) is 26.7 Å². The van der Waals surface area contributed by atoms with Crippen LogP contribution in [-0.4, -0.2) is 16.5 Å². The van der Waals surface area contributed by atoms with Crippen LogP contribution >= 0.6 is 0 Å². The predicted molar refractivity (Wildman–Crippen MR) is 45.3 cm³/mol. The van der Waals surface area contributed by atoms with Crippen LogP contribution in [0.15, 0.2) is 0 Å². The molecule has 2 unspecified atom stereocenters. The number of hydrogen-bond acceptors (Lipinski definition) is 2. The molecule has 0 amide bonds. The van der Waals surface area contributed by atoms with Gasteiger partial charge in [0.05, 0.1) is 5.60 Å². The van der Waals surface area contributed by atoms with Crippen molar-refractivity contribution in [3.05, 3.63) is 0 Å². The molecule has 0 aromatic rings. The molecule has 1 aliphatic carbocycles. The van der Waals surface area contributed by atoms with Gasteiger partial charge in [0.15, 0.2) is 0 Å². The van der Waals surface area contributed by atoms with E-state index in [1.165, 1.54) is 0 Å². The Kier molecular flexibility index (Phi) is 2.06. The Labute approximate surface area is 69.1 Å². The maximum Gasteiger partial charge on any atom is 0.141 e. The first-order chi connectivity index (χ1) is 4.93. The summed E-state index contributed by atoms with van der Waals surface area (Å²) in [4.78, 5) is 11.4. The Bertz CT molecular complexity index is 172. The highest BCUT2D eigenvalue weighted by molar-refractivity contribution is 5.86. The van der Waals surface area contributed by atoms with Gasteiger partial charge in [0.2, 0.25) is 0 Å². The van der Waals surface area contributed by atoms with E-state index in [-0.39, 0.29) is 19.0 Å². The molecule has 1 aliphatic rings. The second-order valence-corrected chi connectivity index (χ2v) is 4.09. The van der Waals surface area contributed by atoms with Crippen LogP contribution in [0.4, 0.5) is 0 Å². The van der Waals surface area contributed by atoms with Crippen LogP contribution in [0.25, 0.3) is 0 Å². The minimum atomic E-state index is -0.818. The largest absolute Gasteiger partial charge is 0.390 e. The Hall–Kier alpha value is -0.370. The zero-order valence-corrected chi connectivity index (χ0v) is 7.42. The topological polar surface area (TPSA) is 37.3 Å². The van der Waals surface area contributed by atoms with Crippen molar-refractivity contribution in [1.82, 2.24) is 0 Å². The number of Topliss-reactive ketones (excluding diaryl/α,β-unsaturated/α-hetero) is 1. The van der Waals surface area contributed by atoms with Crippen molar-refractivity contribution in [2.45, 2.75) is 39.2 Å². The molecule has 0 radical (unpaired) electrons. The summed E-state index contributed by atoms with van der Waals surface area (Å²) in [6, 6.07) is 0. The third-order valence-corrected chi connectivity index (χ3v) is 2.57. The lowest BCUT2D eigenvalue weighted by atomic mass is 9.88. The average molecular weight is 158 g/mol. The van der Waals surface area contributed by atoms with Gasteiger partial charge in [-0.1, -0.05) is 6.92 Å². The highest BCUT2D eigenvalue weighted by Gasteiger charge is 2.39. The van der Waals surface area contributed by atoms with Crippen molar-refractivity contribution in [2.24, 2.45) is 11.8 Å². The summed E-state index contributed by atoms with van der Waals surface area (Å²) in [6.45, 7) is 5.37. The molecule has 0 bridgehead atoms. The van der Waals surface area contributed by atoms with Gasteiger partial charge in [0, 0.05) is 13.3 Å². The van der Waals surface area contributed by atoms with Gasteiger partial charge in [-0.15, -0.1) is 0 Å². The van der Waals surface area contributed by atoms with Crippen LogP contribution in [0.1, 0.15) is 35.0 Å². The van der Waals surface area contributed by atoms with Crippen LogP contribution < -0.4 is 0 Å². The molecular weight excluding hydrogens is 140 g/mol. The first-order valence-corrected chi connectivity index (χ1v) is 4.19. The first kappa shape index (κ1) is 8.72. The SMILES string of the molecule is CC1CCC(C(C)(C)O)C1=O.[HH]. The van der Waals surface area contributed by atoms with Crippen LogP contribution in [0, 0.1) is 11.8 Å². The van der Waals surface area contributed by atoms with E-state index in [0.717, 1.165) is 12.8 Å². The maximum absolute atomic E-state index is 11.4. The first-order valence-electron chi connectivity index (χ1n) is 4.19. The van der Waals surface area contributed by atoms with Crippen molar-refractivity contribution in [1.29, 1.82) is 0 Å². The number of rotatable bonds is 1. The lowest BCUT2D eigenvalue weighted by molar-refractivity contribution is -0.129. The average Bonchev–Trinajstić information content (AvgIpc) is 2.11. The van der Waals surface area contributed by atoms with Gasteiger partial charge in [-0.3, -0.25) is 4.79 Å². The Morgan fingerprint density at radius 3 is 2.27 bits per heavy atom. The molecule has 0 heterocycles. The second kappa shape index (κ2) is 2.59. The molecule has 0 spiro atoms. The molecule has 1 fully saturated rings. The molecule has 11 heavy (non-hydrogen) atoms. The summed E-state index contributed by atoms with van der Waals surface area (Å²) in [7, 11) is 0. The van der Waals surface area contributed by atoms with E-state index in [9.17, 15) is 9.90 Å². The molecule has 0 saturated heterocycles. The van der Waals surface area contributed by atoms with Crippen molar-refractivity contribution in [3.8, 4) is 0 Å². The summed E-state index contributed by atoms with van der Waals surface area (Å²) >= 11 is 0. The van der Waals surface area contributed by atoms with Gasteiger partial charge >= 0.3 is 0 Å². The van der Waals surface area contributed by atoms with Crippen LogP contribution in [-0.2, 0) is 4.79 Å². The highest BCUT2D eigenvalue weighted by atomic mass is 16.3. The number of carbonyl (C=O) groups is 1. The molecule has 2 heteroatoms. The van der Waals surface area contributed by atoms with Gasteiger partial charge in [0.1, 0.15) is 5.78 Å². The summed E-state index contributed by atoms with van der Waals surface area (Å²) in [5.74, 6) is 0.265. The van der Waals surface area contributed by atoms with Gasteiger partial charge in [-0.25, -0.2) is 0 Å². The van der Waals surface area contributed by atoms with Crippen LogP contribution in [0.5, 0.6) is 0 Å². The molecule has 1 rings (SSSR count). The zero-order valence-electron chi connectivity index (χ0n) is 7.42. The lowest BCUT2D eigenvalue weighted by Gasteiger charge is -2.23. The minimum Gasteiger partial charge on any atom is -0.390 e. The van der Waals surface area contributed by atoms with Crippen molar-refractivity contribution < 1.29 is 11.3 Å². The molecule has 1 saturated carbocycles. The van der Waals surface area contributed by atoms with Crippen LogP contribution in [0.2, 0.25) is 0 Å². The summed E-state index contributed by atoms with van der Waals surface area (Å²) in [6.07, 6.45) is 1.79. The van der Waals surface area contributed by atoms with Crippen molar-refractivity contribution >= 4 is 5.78 Å². The van der Waals surface area contributed by atoms with E-state index in [2.05, 4.69) is 0 Å². The van der Waals surface area contributed by atoms with Crippen molar-refractivity contribution in [3.63, 3.8) is 0 Å². The maximum atomic E-state index is 11.4. The molecule has 2 atom stereocenters. The fraction of sp³-hybridized carbons (Fsp3) is 0.889. The van der Waals surface area contributed by atoms with E-state index >= 15 is 0 Å². The quantitative estimate of drug-likeness (QED) is 0.629. The van der Waals surface area contributed by atoms with E-state index in [1.54, 1.807) is 13.8 Å².